The Morgan fingerprint density at radius 2 is 2.24 bits per heavy atom. The molecule has 1 aromatic heterocycles. The maximum atomic E-state index is 11.9. The number of oxazole rings is 1. The van der Waals surface area contributed by atoms with Crippen LogP contribution in [0.15, 0.2) is 40.3 Å². The Hall–Kier alpha value is -0.970. The van der Waals surface area contributed by atoms with Crippen LogP contribution in [0.4, 0.5) is 0 Å². The number of aromatic nitrogens is 1. The molecule has 0 aliphatic rings. The molecule has 0 atom stereocenters. The third kappa shape index (κ3) is 3.25. The van der Waals surface area contributed by atoms with Gasteiger partial charge in [-0.15, -0.1) is 0 Å². The van der Waals surface area contributed by atoms with Gasteiger partial charge in [0.05, 0.1) is 17.0 Å². The molecule has 1 heterocycles. The largest absolute Gasteiger partial charge is 0.440 e. The van der Waals surface area contributed by atoms with E-state index in [1.165, 1.54) is 24.2 Å². The number of benzene rings is 1. The number of ketones is 1. The zero-order valence-corrected chi connectivity index (χ0v) is 10.9. The summed E-state index contributed by atoms with van der Waals surface area (Å²) in [5.41, 5.74) is 0.454. The fourth-order valence-corrected chi connectivity index (χ4v) is 2.39. The minimum atomic E-state index is -0.0881. The lowest BCUT2D eigenvalue weighted by Gasteiger charge is -2.02. The monoisotopic (exact) mass is 287 g/mol. The van der Waals surface area contributed by atoms with Gasteiger partial charge in [-0.1, -0.05) is 35.0 Å². The van der Waals surface area contributed by atoms with Crippen LogP contribution in [0.3, 0.4) is 0 Å². The van der Waals surface area contributed by atoms with Gasteiger partial charge in [-0.3, -0.25) is 4.79 Å². The molecule has 0 aliphatic heterocycles. The average Bonchev–Trinajstić information content (AvgIpc) is 2.78. The molecular formula is C11H7Cl2NO2S. The number of Topliss-reactive ketones (excluding diaryl/α,β-unsaturated/α-hetero) is 1. The number of carbonyl (C=O) groups is 1. The van der Waals surface area contributed by atoms with Gasteiger partial charge < -0.3 is 4.42 Å². The quantitative estimate of drug-likeness (QED) is 0.631. The number of nitrogens with zero attached hydrogens (tertiary/aromatic N) is 1. The van der Waals surface area contributed by atoms with Crippen molar-refractivity contribution < 1.29 is 9.21 Å². The highest BCUT2D eigenvalue weighted by molar-refractivity contribution is 7.99. The number of hydrogen-bond acceptors (Lipinski definition) is 4. The first-order chi connectivity index (χ1) is 8.16. The van der Waals surface area contributed by atoms with Crippen molar-refractivity contribution in [2.75, 3.05) is 5.75 Å². The Bertz CT molecular complexity index is 528. The number of rotatable bonds is 4. The summed E-state index contributed by atoms with van der Waals surface area (Å²) in [5.74, 6) is 0.136. The molecule has 1 aromatic carbocycles. The molecule has 0 spiro atoms. The lowest BCUT2D eigenvalue weighted by molar-refractivity contribution is 0.102. The van der Waals surface area contributed by atoms with Gasteiger partial charge in [0.25, 0.3) is 5.22 Å². The predicted molar refractivity (Wildman–Crippen MR) is 68.0 cm³/mol. The maximum absolute atomic E-state index is 11.9. The van der Waals surface area contributed by atoms with Crippen LogP contribution in [0.5, 0.6) is 0 Å². The summed E-state index contributed by atoms with van der Waals surface area (Å²) in [6, 6.07) is 4.80. The first kappa shape index (κ1) is 12.5. The van der Waals surface area contributed by atoms with Crippen LogP contribution >= 0.6 is 35.0 Å². The van der Waals surface area contributed by atoms with E-state index in [9.17, 15) is 4.79 Å². The predicted octanol–water partition coefficient (Wildman–Crippen LogP) is 3.96. The van der Waals surface area contributed by atoms with Crippen LogP contribution in [0, 0.1) is 0 Å². The summed E-state index contributed by atoms with van der Waals surface area (Å²) in [7, 11) is 0. The molecule has 0 saturated heterocycles. The van der Waals surface area contributed by atoms with Crippen molar-refractivity contribution in [3.63, 3.8) is 0 Å². The van der Waals surface area contributed by atoms with Gasteiger partial charge in [-0.25, -0.2) is 4.98 Å². The lowest BCUT2D eigenvalue weighted by atomic mass is 10.1. The van der Waals surface area contributed by atoms with E-state index in [2.05, 4.69) is 4.98 Å². The van der Waals surface area contributed by atoms with E-state index in [1.807, 2.05) is 0 Å². The molecule has 0 amide bonds. The standard InChI is InChI=1S/C11H7Cl2NO2S/c12-7-1-2-8(9(13)5-7)10(15)6-17-11-14-3-4-16-11/h1-5H,6H2. The molecule has 2 aromatic rings. The molecule has 0 fully saturated rings. The molecule has 17 heavy (non-hydrogen) atoms. The first-order valence-electron chi connectivity index (χ1n) is 4.67. The second kappa shape index (κ2) is 5.58. The molecular weight excluding hydrogens is 281 g/mol. The van der Waals surface area contributed by atoms with Gasteiger partial charge in [0.15, 0.2) is 5.78 Å². The number of hydrogen-bond donors (Lipinski definition) is 0. The summed E-state index contributed by atoms with van der Waals surface area (Å²) in [6.07, 6.45) is 2.99. The van der Waals surface area contributed by atoms with Crippen LogP contribution in [0.25, 0.3) is 0 Å². The normalized spacial score (nSPS) is 10.5. The number of halogens is 2. The smallest absolute Gasteiger partial charge is 0.255 e. The Morgan fingerprint density at radius 1 is 1.41 bits per heavy atom. The minimum absolute atomic E-state index is 0.0881. The van der Waals surface area contributed by atoms with E-state index >= 15 is 0 Å². The Labute approximate surface area is 112 Å². The Kier molecular flexibility index (Phi) is 4.10. The summed E-state index contributed by atoms with van der Waals surface area (Å²) in [5, 5.41) is 1.32. The second-order valence-electron chi connectivity index (χ2n) is 3.13. The molecule has 0 bridgehead atoms. The van der Waals surface area contributed by atoms with E-state index in [4.69, 9.17) is 27.6 Å². The highest BCUT2D eigenvalue weighted by Gasteiger charge is 2.12. The van der Waals surface area contributed by atoms with E-state index in [0.29, 0.717) is 20.8 Å². The number of carbonyl (C=O) groups excluding carboxylic acids is 1. The number of thioether (sulfide) groups is 1. The maximum Gasteiger partial charge on any atom is 0.255 e. The lowest BCUT2D eigenvalue weighted by Crippen LogP contribution is -2.03. The van der Waals surface area contributed by atoms with Gasteiger partial charge in [0.1, 0.15) is 6.26 Å². The molecule has 0 unspecified atom stereocenters. The summed E-state index contributed by atoms with van der Waals surface area (Å²) in [6.45, 7) is 0. The van der Waals surface area contributed by atoms with E-state index in [1.54, 1.807) is 18.2 Å². The molecule has 88 valence electrons. The van der Waals surface area contributed by atoms with Crippen molar-refractivity contribution in [2.24, 2.45) is 0 Å². The van der Waals surface area contributed by atoms with Crippen LogP contribution < -0.4 is 0 Å². The van der Waals surface area contributed by atoms with Crippen molar-refractivity contribution in [3.05, 3.63) is 46.3 Å². The van der Waals surface area contributed by atoms with E-state index < -0.39 is 0 Å². The molecule has 2 rings (SSSR count). The van der Waals surface area contributed by atoms with Crippen molar-refractivity contribution in [1.82, 2.24) is 4.98 Å². The molecule has 0 aliphatic carbocycles. The van der Waals surface area contributed by atoms with E-state index in [0.717, 1.165) is 0 Å². The topological polar surface area (TPSA) is 43.1 Å². The van der Waals surface area contributed by atoms with Crippen LogP contribution in [0.1, 0.15) is 10.4 Å². The van der Waals surface area contributed by atoms with E-state index in [-0.39, 0.29) is 11.5 Å². The van der Waals surface area contributed by atoms with Crippen molar-refractivity contribution in [1.29, 1.82) is 0 Å². The van der Waals surface area contributed by atoms with Crippen LogP contribution in [-0.4, -0.2) is 16.5 Å². The molecule has 0 radical (unpaired) electrons. The van der Waals surface area contributed by atoms with Crippen molar-refractivity contribution in [2.45, 2.75) is 5.22 Å². The van der Waals surface area contributed by atoms with Gasteiger partial charge in [-0.2, -0.15) is 0 Å². The van der Waals surface area contributed by atoms with Crippen molar-refractivity contribution in [3.8, 4) is 0 Å². The molecule has 3 nitrogen and oxygen atoms in total. The fourth-order valence-electron chi connectivity index (χ4n) is 1.20. The van der Waals surface area contributed by atoms with Crippen molar-refractivity contribution >= 4 is 40.7 Å². The first-order valence-corrected chi connectivity index (χ1v) is 6.41. The second-order valence-corrected chi connectivity index (χ2v) is 4.90. The fraction of sp³-hybridized carbons (Fsp3) is 0.0909. The van der Waals surface area contributed by atoms with Crippen LogP contribution in [-0.2, 0) is 0 Å². The summed E-state index contributed by atoms with van der Waals surface area (Å²) >= 11 is 12.9. The zero-order chi connectivity index (χ0) is 12.3. The molecule has 0 N–H and O–H groups in total. The molecule has 0 saturated carbocycles. The summed E-state index contributed by atoms with van der Waals surface area (Å²) < 4.78 is 5.01. The Morgan fingerprint density at radius 3 is 2.88 bits per heavy atom. The Balaban J connectivity index is 2.04. The van der Waals surface area contributed by atoms with Gasteiger partial charge in [0, 0.05) is 10.6 Å². The van der Waals surface area contributed by atoms with Gasteiger partial charge in [0.2, 0.25) is 0 Å². The molecule has 6 heteroatoms. The third-order valence-corrected chi connectivity index (χ3v) is 3.37. The van der Waals surface area contributed by atoms with Gasteiger partial charge >= 0.3 is 0 Å². The SMILES string of the molecule is O=C(CSc1ncco1)c1ccc(Cl)cc1Cl. The third-order valence-electron chi connectivity index (χ3n) is 1.97. The highest BCUT2D eigenvalue weighted by Crippen LogP contribution is 2.23. The summed E-state index contributed by atoms with van der Waals surface area (Å²) in [4.78, 5) is 15.8. The minimum Gasteiger partial charge on any atom is -0.440 e. The highest BCUT2D eigenvalue weighted by atomic mass is 35.5. The zero-order valence-electron chi connectivity index (χ0n) is 8.52. The average molecular weight is 288 g/mol. The van der Waals surface area contributed by atoms with Crippen LogP contribution in [0.2, 0.25) is 10.0 Å². The van der Waals surface area contributed by atoms with Gasteiger partial charge in [-0.05, 0) is 18.2 Å².